The molecule has 0 aliphatic carbocycles. The number of benzene rings is 2. The van der Waals surface area contributed by atoms with Crippen LogP contribution in [0.3, 0.4) is 0 Å². The molecule has 3 rings (SSSR count). The van der Waals surface area contributed by atoms with Gasteiger partial charge in [0.25, 0.3) is 0 Å². The number of aromatic nitrogens is 2. The molecule has 0 bridgehead atoms. The molecule has 0 aliphatic heterocycles. The maximum absolute atomic E-state index is 14.6. The average molecular weight is 408 g/mol. The van der Waals surface area contributed by atoms with Crippen LogP contribution in [0.1, 0.15) is 6.92 Å². The zero-order valence-corrected chi connectivity index (χ0v) is 15.9. The molecular weight excluding hydrogens is 391 g/mol. The van der Waals surface area contributed by atoms with Crippen LogP contribution in [0.25, 0.3) is 21.7 Å². The van der Waals surface area contributed by atoms with E-state index >= 15 is 0 Å². The maximum atomic E-state index is 14.6. The number of nitrogen functional groups attached to an aromatic ring is 1. The third kappa shape index (κ3) is 4.14. The number of nitrogens with zero attached hydrogens (tertiary/aromatic N) is 2. The molecule has 0 spiro atoms. The van der Waals surface area contributed by atoms with Gasteiger partial charge in [0.1, 0.15) is 5.82 Å². The summed E-state index contributed by atoms with van der Waals surface area (Å²) in [5.74, 6) is -0.562. The van der Waals surface area contributed by atoms with Gasteiger partial charge in [0.2, 0.25) is 15.2 Å². The van der Waals surface area contributed by atoms with E-state index < -0.39 is 21.9 Å². The summed E-state index contributed by atoms with van der Waals surface area (Å²) in [6.07, 6.45) is 0. The van der Waals surface area contributed by atoms with Gasteiger partial charge in [-0.25, -0.2) is 17.5 Å². The summed E-state index contributed by atoms with van der Waals surface area (Å²) < 4.78 is 42.3. The van der Waals surface area contributed by atoms with Crippen molar-refractivity contribution in [3.63, 3.8) is 0 Å². The number of aliphatic hydroxyl groups excluding tert-OH is 1. The summed E-state index contributed by atoms with van der Waals surface area (Å²) in [6.45, 7) is 1.21. The number of nitrogens with one attached hydrogen (secondary N) is 1. The minimum absolute atomic E-state index is 0.00221. The topological polar surface area (TPSA) is 118 Å². The molecular formula is C17H17FN4O3S2. The molecule has 0 fully saturated rings. The third-order valence-corrected chi connectivity index (χ3v) is 6.19. The van der Waals surface area contributed by atoms with E-state index in [2.05, 4.69) is 14.9 Å². The van der Waals surface area contributed by atoms with Crippen LogP contribution in [-0.2, 0) is 10.0 Å². The molecule has 1 aromatic heterocycles. The number of hydrogen-bond donors (Lipinski definition) is 3. The second kappa shape index (κ2) is 7.69. The van der Waals surface area contributed by atoms with E-state index in [0.717, 1.165) is 11.3 Å². The van der Waals surface area contributed by atoms with Crippen molar-refractivity contribution in [3.8, 4) is 21.7 Å². The first-order chi connectivity index (χ1) is 12.8. The molecule has 0 saturated heterocycles. The monoisotopic (exact) mass is 408 g/mol. The van der Waals surface area contributed by atoms with Crippen LogP contribution in [0.4, 0.5) is 9.52 Å². The van der Waals surface area contributed by atoms with Gasteiger partial charge in [0.05, 0.1) is 11.5 Å². The van der Waals surface area contributed by atoms with Crippen molar-refractivity contribution in [1.82, 2.24) is 14.9 Å². The van der Waals surface area contributed by atoms with Gasteiger partial charge in [0.15, 0.2) is 5.01 Å². The molecule has 1 unspecified atom stereocenters. The molecule has 4 N–H and O–H groups in total. The van der Waals surface area contributed by atoms with Gasteiger partial charge in [-0.15, -0.1) is 10.2 Å². The van der Waals surface area contributed by atoms with Crippen molar-refractivity contribution < 1.29 is 17.9 Å². The highest BCUT2D eigenvalue weighted by molar-refractivity contribution is 7.89. The van der Waals surface area contributed by atoms with Gasteiger partial charge in [-0.1, -0.05) is 35.6 Å². The zero-order valence-electron chi connectivity index (χ0n) is 14.3. The Kier molecular flexibility index (Phi) is 5.51. The summed E-state index contributed by atoms with van der Waals surface area (Å²) in [7, 11) is -3.89. The summed E-state index contributed by atoms with van der Waals surface area (Å²) in [5.41, 5.74) is 6.51. The third-order valence-electron chi connectivity index (χ3n) is 3.76. The van der Waals surface area contributed by atoms with Gasteiger partial charge in [-0.05, 0) is 30.7 Å². The smallest absolute Gasteiger partial charge is 0.241 e. The van der Waals surface area contributed by atoms with Crippen molar-refractivity contribution in [2.24, 2.45) is 0 Å². The lowest BCUT2D eigenvalue weighted by Gasteiger charge is -2.15. The lowest BCUT2D eigenvalue weighted by Crippen LogP contribution is -2.35. The maximum Gasteiger partial charge on any atom is 0.241 e. The Hall–Kier alpha value is -2.40. The molecule has 27 heavy (non-hydrogen) atoms. The zero-order chi connectivity index (χ0) is 19.6. The summed E-state index contributed by atoms with van der Waals surface area (Å²) >= 11 is 1.06. The molecule has 142 valence electrons. The highest BCUT2D eigenvalue weighted by Crippen LogP contribution is 2.33. The van der Waals surface area contributed by atoms with E-state index in [1.165, 1.54) is 18.2 Å². The predicted octanol–water partition coefficient (Wildman–Crippen LogP) is 2.25. The van der Waals surface area contributed by atoms with Crippen molar-refractivity contribution in [3.05, 3.63) is 48.3 Å². The number of anilines is 1. The van der Waals surface area contributed by atoms with Crippen molar-refractivity contribution in [2.75, 3.05) is 12.3 Å². The first kappa shape index (κ1) is 19.4. The molecule has 3 aromatic rings. The van der Waals surface area contributed by atoms with Gasteiger partial charge in [-0.2, -0.15) is 0 Å². The highest BCUT2D eigenvalue weighted by atomic mass is 32.2. The quantitative estimate of drug-likeness (QED) is 0.576. The summed E-state index contributed by atoms with van der Waals surface area (Å²) in [4.78, 5) is -0.00221. The SMILES string of the molecule is CC(CO)NS(=O)(=O)c1ccccc1-c1ccc(-c2nnc(N)s2)c(F)c1. The van der Waals surface area contributed by atoms with Crippen molar-refractivity contribution in [2.45, 2.75) is 17.9 Å². The molecule has 0 saturated carbocycles. The van der Waals surface area contributed by atoms with Crippen LogP contribution >= 0.6 is 11.3 Å². The molecule has 2 aromatic carbocycles. The second-order valence-corrected chi connectivity index (χ2v) is 8.53. The van der Waals surface area contributed by atoms with E-state index in [4.69, 9.17) is 10.8 Å². The number of sulfonamides is 1. The lowest BCUT2D eigenvalue weighted by molar-refractivity contribution is 0.265. The van der Waals surface area contributed by atoms with Crippen LogP contribution in [0.5, 0.6) is 0 Å². The van der Waals surface area contributed by atoms with Crippen LogP contribution in [0, 0.1) is 5.82 Å². The van der Waals surface area contributed by atoms with Crippen molar-refractivity contribution in [1.29, 1.82) is 0 Å². The largest absolute Gasteiger partial charge is 0.395 e. The number of nitrogens with two attached hydrogens (primary N) is 1. The van der Waals surface area contributed by atoms with Gasteiger partial charge >= 0.3 is 0 Å². The predicted molar refractivity (Wildman–Crippen MR) is 102 cm³/mol. The van der Waals surface area contributed by atoms with Gasteiger partial charge in [0, 0.05) is 17.2 Å². The first-order valence-electron chi connectivity index (χ1n) is 7.93. The van der Waals surface area contributed by atoms with Crippen LogP contribution in [0.15, 0.2) is 47.4 Å². The van der Waals surface area contributed by atoms with E-state index in [9.17, 15) is 12.8 Å². The normalized spacial score (nSPS) is 12.9. The summed E-state index contributed by atoms with van der Waals surface area (Å²) in [5, 5.41) is 17.2. The number of hydrogen-bond acceptors (Lipinski definition) is 7. The number of aliphatic hydroxyl groups is 1. The van der Waals surface area contributed by atoms with Crippen molar-refractivity contribution >= 4 is 26.5 Å². The standard InChI is InChI=1S/C17H17FN4O3S2/c1-10(9-23)22-27(24,25)15-5-3-2-4-12(15)11-6-7-13(14(18)8-11)16-20-21-17(19)26-16/h2-8,10,22-23H,9H2,1H3,(H2,19,21). The minimum atomic E-state index is -3.89. The van der Waals surface area contributed by atoms with Crippen LogP contribution < -0.4 is 10.5 Å². The van der Waals surface area contributed by atoms with E-state index in [1.807, 2.05) is 0 Å². The van der Waals surface area contributed by atoms with Crippen LogP contribution in [0.2, 0.25) is 0 Å². The fraction of sp³-hybridized carbons (Fsp3) is 0.176. The number of halogens is 1. The lowest BCUT2D eigenvalue weighted by atomic mass is 10.0. The molecule has 1 heterocycles. The highest BCUT2D eigenvalue weighted by Gasteiger charge is 2.22. The molecule has 10 heteroatoms. The van der Waals surface area contributed by atoms with E-state index in [-0.39, 0.29) is 22.2 Å². The minimum Gasteiger partial charge on any atom is -0.395 e. The van der Waals surface area contributed by atoms with E-state index in [0.29, 0.717) is 16.1 Å². The fourth-order valence-electron chi connectivity index (χ4n) is 2.50. The molecule has 1 atom stereocenters. The summed E-state index contributed by atoms with van der Waals surface area (Å²) in [6, 6.07) is 9.99. The Morgan fingerprint density at radius 1 is 1.22 bits per heavy atom. The molecule has 0 radical (unpaired) electrons. The van der Waals surface area contributed by atoms with Gasteiger partial charge < -0.3 is 10.8 Å². The second-order valence-electron chi connectivity index (χ2n) is 5.84. The molecule has 0 aliphatic rings. The average Bonchev–Trinajstić information content (AvgIpc) is 3.07. The van der Waals surface area contributed by atoms with E-state index in [1.54, 1.807) is 31.2 Å². The number of rotatable bonds is 6. The van der Waals surface area contributed by atoms with Gasteiger partial charge in [-0.3, -0.25) is 0 Å². The Labute approximate surface area is 159 Å². The Bertz CT molecular complexity index is 1070. The Balaban J connectivity index is 2.04. The fourth-order valence-corrected chi connectivity index (χ4v) is 4.61. The Morgan fingerprint density at radius 3 is 2.59 bits per heavy atom. The first-order valence-corrected chi connectivity index (χ1v) is 10.2. The molecule has 0 amide bonds. The molecule has 7 nitrogen and oxygen atoms in total. The van der Waals surface area contributed by atoms with Crippen LogP contribution in [-0.4, -0.2) is 36.4 Å². The Morgan fingerprint density at radius 2 is 1.96 bits per heavy atom.